The molecule has 0 heterocycles. The standard InChI is InChI=1S/C23H33OSi.BrH.Mg/c1-12-14(3)18(7)22(19(8)15(12)4)25(11,24)23-20(9)16(5)13(2)17(6)21(23)10;;/h1-11H3;1H;/q-1;;+2/p-1. The minimum Gasteiger partial charge on any atom is -1.00 e. The van der Waals surface area contributed by atoms with Crippen LogP contribution in [0.3, 0.4) is 0 Å². The Morgan fingerprint density at radius 1 is 0.444 bits per heavy atom. The molecule has 2 rings (SSSR count). The number of hydrogen-bond acceptors (Lipinski definition) is 1. The summed E-state index contributed by atoms with van der Waals surface area (Å²) in [6, 6.07) is 0. The van der Waals surface area contributed by atoms with E-state index in [1.165, 1.54) is 55.6 Å². The first-order chi connectivity index (χ1) is 11.4. The van der Waals surface area contributed by atoms with E-state index in [4.69, 9.17) is 0 Å². The molecular weight excluding hydrogens is 425 g/mol. The molecule has 4 heteroatoms. The van der Waals surface area contributed by atoms with Crippen LogP contribution >= 0.6 is 0 Å². The van der Waals surface area contributed by atoms with Crippen LogP contribution in [-0.4, -0.2) is 31.4 Å². The predicted molar refractivity (Wildman–Crippen MR) is 117 cm³/mol. The van der Waals surface area contributed by atoms with E-state index in [1.54, 1.807) is 0 Å². The monoisotopic (exact) mass is 456 g/mol. The summed E-state index contributed by atoms with van der Waals surface area (Å²) in [4.78, 5) is 14.4. The zero-order valence-corrected chi connectivity index (χ0v) is 23.0. The van der Waals surface area contributed by atoms with E-state index in [-0.39, 0.29) is 40.0 Å². The Morgan fingerprint density at radius 3 is 0.778 bits per heavy atom. The van der Waals surface area contributed by atoms with Crippen molar-refractivity contribution in [1.82, 2.24) is 0 Å². The van der Waals surface area contributed by atoms with Gasteiger partial charge in [-0.3, -0.25) is 0 Å². The van der Waals surface area contributed by atoms with Crippen LogP contribution in [0.1, 0.15) is 55.6 Å². The SMILES string of the molecule is Cc1c(C)c(C)c([Si](C)([O-])c2c(C)c(C)c(C)c(C)c2C)c(C)c1C.[Br-].[Mg+2]. The zero-order chi connectivity index (χ0) is 19.4. The van der Waals surface area contributed by atoms with Gasteiger partial charge in [-0.1, -0.05) is 16.9 Å². The van der Waals surface area contributed by atoms with Gasteiger partial charge in [-0.2, -0.15) is 0 Å². The Morgan fingerprint density at radius 2 is 0.593 bits per heavy atom. The summed E-state index contributed by atoms with van der Waals surface area (Å²) in [5.74, 6) is 0. The van der Waals surface area contributed by atoms with Crippen LogP contribution in [0.4, 0.5) is 0 Å². The average molecular weight is 458 g/mol. The molecule has 0 N–H and O–H groups in total. The van der Waals surface area contributed by atoms with Crippen LogP contribution in [0, 0.1) is 69.2 Å². The Kier molecular flexibility index (Phi) is 9.08. The van der Waals surface area contributed by atoms with Gasteiger partial charge < -0.3 is 21.8 Å². The van der Waals surface area contributed by atoms with Crippen LogP contribution in [0.25, 0.3) is 0 Å². The fourth-order valence-electron chi connectivity index (χ4n) is 4.56. The third-order valence-electron chi connectivity index (χ3n) is 6.95. The number of hydrogen-bond donors (Lipinski definition) is 0. The summed E-state index contributed by atoms with van der Waals surface area (Å²) in [6.45, 7) is 23.6. The van der Waals surface area contributed by atoms with E-state index >= 15 is 0 Å². The molecule has 0 unspecified atom stereocenters. The van der Waals surface area contributed by atoms with Gasteiger partial charge >= 0.3 is 23.1 Å². The van der Waals surface area contributed by atoms with Gasteiger partial charge in [0.05, 0.1) is 0 Å². The molecule has 0 aliphatic heterocycles. The normalized spacial score (nSPS) is 11.1. The van der Waals surface area contributed by atoms with Crippen molar-refractivity contribution in [3.8, 4) is 0 Å². The molecule has 2 aromatic rings. The minimum absolute atomic E-state index is 0. The first kappa shape index (κ1) is 26.9. The van der Waals surface area contributed by atoms with Gasteiger partial charge in [-0.15, -0.1) is 0 Å². The van der Waals surface area contributed by atoms with Gasteiger partial charge in [0.2, 0.25) is 0 Å². The largest absolute Gasteiger partial charge is 2.00 e. The fourth-order valence-corrected chi connectivity index (χ4v) is 8.42. The number of benzene rings is 2. The van der Waals surface area contributed by atoms with Crippen molar-refractivity contribution in [1.29, 1.82) is 0 Å². The van der Waals surface area contributed by atoms with E-state index in [9.17, 15) is 4.80 Å². The van der Waals surface area contributed by atoms with Gasteiger partial charge in [0.25, 0.3) is 0 Å². The van der Waals surface area contributed by atoms with Gasteiger partial charge in [-0.25, -0.2) is 0 Å². The second-order valence-electron chi connectivity index (χ2n) is 8.03. The second-order valence-corrected chi connectivity index (χ2v) is 11.1. The third kappa shape index (κ3) is 4.11. The molecule has 27 heavy (non-hydrogen) atoms. The summed E-state index contributed by atoms with van der Waals surface area (Å²) in [7, 11) is -3.06. The van der Waals surface area contributed by atoms with Crippen molar-refractivity contribution >= 4 is 41.7 Å². The molecule has 0 amide bonds. The molecule has 0 saturated carbocycles. The smallest absolute Gasteiger partial charge is 1.00 e. The minimum atomic E-state index is -3.06. The maximum absolute atomic E-state index is 14.4. The van der Waals surface area contributed by atoms with Crippen molar-refractivity contribution in [3.05, 3.63) is 55.6 Å². The molecule has 144 valence electrons. The number of rotatable bonds is 2. The van der Waals surface area contributed by atoms with Gasteiger partial charge in [0.1, 0.15) is 0 Å². The number of halogens is 1. The summed E-state index contributed by atoms with van der Waals surface area (Å²) in [6.07, 6.45) is 0. The topological polar surface area (TPSA) is 23.1 Å². The molecule has 0 saturated heterocycles. The van der Waals surface area contributed by atoms with E-state index < -0.39 is 8.32 Å². The van der Waals surface area contributed by atoms with Gasteiger partial charge in [0, 0.05) is 8.32 Å². The fraction of sp³-hybridized carbons (Fsp3) is 0.478. The van der Waals surface area contributed by atoms with Crippen molar-refractivity contribution in [2.45, 2.75) is 75.8 Å². The van der Waals surface area contributed by atoms with Crippen molar-refractivity contribution in [2.75, 3.05) is 0 Å². The molecule has 0 fully saturated rings. The summed E-state index contributed by atoms with van der Waals surface area (Å²) in [5, 5.41) is 2.20. The van der Waals surface area contributed by atoms with E-state index in [0.29, 0.717) is 0 Å². The molecule has 0 aliphatic carbocycles. The molecule has 0 atom stereocenters. The molecule has 0 spiro atoms. The zero-order valence-electron chi connectivity index (χ0n) is 19.0. The van der Waals surface area contributed by atoms with Crippen molar-refractivity contribution in [3.63, 3.8) is 0 Å². The molecule has 0 radical (unpaired) electrons. The average Bonchev–Trinajstić information content (AvgIpc) is 2.54. The van der Waals surface area contributed by atoms with Crippen molar-refractivity contribution < 1.29 is 21.8 Å². The third-order valence-corrected chi connectivity index (χ3v) is 10.4. The van der Waals surface area contributed by atoms with Crippen LogP contribution in [0.15, 0.2) is 0 Å². The Balaban J connectivity index is 0.00000338. The van der Waals surface area contributed by atoms with Crippen molar-refractivity contribution in [2.24, 2.45) is 0 Å². The van der Waals surface area contributed by atoms with Crippen LogP contribution in [0.2, 0.25) is 6.55 Å². The molecule has 1 nitrogen and oxygen atoms in total. The Hall–Kier alpha value is -0.137. The predicted octanol–water partition coefficient (Wildman–Crippen LogP) is 0.444. The van der Waals surface area contributed by atoms with E-state index in [2.05, 4.69) is 69.2 Å². The first-order valence-electron chi connectivity index (χ1n) is 9.20. The summed E-state index contributed by atoms with van der Waals surface area (Å²) >= 11 is 0. The quantitative estimate of drug-likeness (QED) is 0.601. The molecule has 0 aromatic heterocycles. The van der Waals surface area contributed by atoms with Gasteiger partial charge in [0.15, 0.2) is 0 Å². The molecule has 0 bridgehead atoms. The molecule has 2 aromatic carbocycles. The van der Waals surface area contributed by atoms with E-state index in [0.717, 1.165) is 10.4 Å². The second kappa shape index (κ2) is 9.12. The van der Waals surface area contributed by atoms with Crippen LogP contribution < -0.4 is 32.2 Å². The molecule has 0 aliphatic rings. The summed E-state index contributed by atoms with van der Waals surface area (Å²) < 4.78 is 0. The molecular formula is C23H33BrMgOSi. The maximum atomic E-state index is 14.4. The van der Waals surface area contributed by atoms with E-state index in [1.807, 2.05) is 6.55 Å². The van der Waals surface area contributed by atoms with Crippen LogP contribution in [-0.2, 0) is 0 Å². The maximum Gasteiger partial charge on any atom is 2.00 e. The Labute approximate surface area is 194 Å². The van der Waals surface area contributed by atoms with Gasteiger partial charge in [-0.05, 0) is 125 Å². The van der Waals surface area contributed by atoms with Crippen LogP contribution in [0.5, 0.6) is 0 Å². The first-order valence-corrected chi connectivity index (χ1v) is 11.6. The summed E-state index contributed by atoms with van der Waals surface area (Å²) in [5.41, 5.74) is 12.6. The Bertz CT molecular complexity index is 755.